The first-order valence-corrected chi connectivity index (χ1v) is 8.46. The fourth-order valence-corrected chi connectivity index (χ4v) is 3.23. The first-order valence-electron chi connectivity index (χ1n) is 7.29. The van der Waals surface area contributed by atoms with Gasteiger partial charge in [0.25, 0.3) is 5.91 Å². The molecule has 1 saturated heterocycles. The second-order valence-electron chi connectivity index (χ2n) is 5.39. The summed E-state index contributed by atoms with van der Waals surface area (Å²) in [6.07, 6.45) is 0. The number of halogens is 3. The number of hydrogen-bond donors (Lipinski definition) is 0. The van der Waals surface area contributed by atoms with Gasteiger partial charge in [-0.15, -0.1) is 0 Å². The SMILES string of the molecule is O=C(c1cccc(Br)c1)N1CCN(c2ccc(F)c(Cl)c2)CC1. The number of benzene rings is 2. The summed E-state index contributed by atoms with van der Waals surface area (Å²) in [4.78, 5) is 16.5. The summed E-state index contributed by atoms with van der Waals surface area (Å²) in [5.74, 6) is -0.387. The van der Waals surface area contributed by atoms with Crippen molar-refractivity contribution in [2.24, 2.45) is 0 Å². The lowest BCUT2D eigenvalue weighted by Gasteiger charge is -2.36. The molecule has 0 spiro atoms. The van der Waals surface area contributed by atoms with Gasteiger partial charge in [0.2, 0.25) is 0 Å². The van der Waals surface area contributed by atoms with E-state index in [1.165, 1.54) is 6.07 Å². The molecule has 1 fully saturated rings. The molecule has 23 heavy (non-hydrogen) atoms. The van der Waals surface area contributed by atoms with Crippen LogP contribution in [0.5, 0.6) is 0 Å². The molecule has 0 atom stereocenters. The van der Waals surface area contributed by atoms with Gasteiger partial charge in [-0.3, -0.25) is 4.79 Å². The number of hydrogen-bond acceptors (Lipinski definition) is 2. The highest BCUT2D eigenvalue weighted by Gasteiger charge is 2.22. The fourth-order valence-electron chi connectivity index (χ4n) is 2.65. The quantitative estimate of drug-likeness (QED) is 0.758. The lowest BCUT2D eigenvalue weighted by molar-refractivity contribution is 0.0746. The average molecular weight is 398 g/mol. The van der Waals surface area contributed by atoms with Gasteiger partial charge in [0.05, 0.1) is 5.02 Å². The summed E-state index contributed by atoms with van der Waals surface area (Å²) in [7, 11) is 0. The molecule has 0 saturated carbocycles. The number of carbonyl (C=O) groups excluding carboxylic acids is 1. The first-order chi connectivity index (χ1) is 11.0. The summed E-state index contributed by atoms with van der Waals surface area (Å²) >= 11 is 9.22. The van der Waals surface area contributed by atoms with E-state index in [0.717, 1.165) is 10.2 Å². The highest BCUT2D eigenvalue weighted by atomic mass is 79.9. The van der Waals surface area contributed by atoms with Gasteiger partial charge in [-0.05, 0) is 36.4 Å². The fraction of sp³-hybridized carbons (Fsp3) is 0.235. The van der Waals surface area contributed by atoms with Crippen LogP contribution in [0.15, 0.2) is 46.9 Å². The molecular weight excluding hydrogens is 383 g/mol. The van der Waals surface area contributed by atoms with Crippen molar-refractivity contribution in [2.45, 2.75) is 0 Å². The van der Waals surface area contributed by atoms with Crippen molar-refractivity contribution in [3.05, 3.63) is 63.3 Å². The van der Waals surface area contributed by atoms with Crippen LogP contribution < -0.4 is 4.90 Å². The van der Waals surface area contributed by atoms with E-state index >= 15 is 0 Å². The third-order valence-electron chi connectivity index (χ3n) is 3.91. The Morgan fingerprint density at radius 2 is 1.83 bits per heavy atom. The van der Waals surface area contributed by atoms with E-state index in [9.17, 15) is 9.18 Å². The van der Waals surface area contributed by atoms with Crippen molar-refractivity contribution in [1.29, 1.82) is 0 Å². The monoisotopic (exact) mass is 396 g/mol. The molecule has 1 aliphatic rings. The van der Waals surface area contributed by atoms with Crippen molar-refractivity contribution < 1.29 is 9.18 Å². The topological polar surface area (TPSA) is 23.6 Å². The minimum atomic E-state index is -0.418. The lowest BCUT2D eigenvalue weighted by atomic mass is 10.1. The molecule has 2 aromatic carbocycles. The third-order valence-corrected chi connectivity index (χ3v) is 4.69. The molecule has 6 heteroatoms. The lowest BCUT2D eigenvalue weighted by Crippen LogP contribution is -2.48. The number of rotatable bonds is 2. The number of anilines is 1. The molecular formula is C17H15BrClFN2O. The molecule has 3 nitrogen and oxygen atoms in total. The summed E-state index contributed by atoms with van der Waals surface area (Å²) in [5.41, 5.74) is 1.56. The van der Waals surface area contributed by atoms with Gasteiger partial charge in [0.15, 0.2) is 0 Å². The van der Waals surface area contributed by atoms with E-state index in [1.54, 1.807) is 12.1 Å². The maximum absolute atomic E-state index is 13.2. The molecule has 0 bridgehead atoms. The second-order valence-corrected chi connectivity index (χ2v) is 6.71. The molecule has 120 valence electrons. The number of amides is 1. The van der Waals surface area contributed by atoms with E-state index in [-0.39, 0.29) is 10.9 Å². The van der Waals surface area contributed by atoms with Gasteiger partial charge in [-0.2, -0.15) is 0 Å². The summed E-state index contributed by atoms with van der Waals surface area (Å²) < 4.78 is 14.1. The van der Waals surface area contributed by atoms with Crippen LogP contribution >= 0.6 is 27.5 Å². The third kappa shape index (κ3) is 3.67. The molecule has 0 N–H and O–H groups in total. The molecule has 1 aliphatic heterocycles. The summed E-state index contributed by atoms with van der Waals surface area (Å²) in [5, 5.41) is 0.121. The van der Waals surface area contributed by atoms with Gasteiger partial charge in [-0.1, -0.05) is 33.6 Å². The van der Waals surface area contributed by atoms with Crippen LogP contribution in [0, 0.1) is 5.82 Å². The zero-order valence-electron chi connectivity index (χ0n) is 12.3. The summed E-state index contributed by atoms with van der Waals surface area (Å²) in [6.45, 7) is 2.64. The Labute approximate surface area is 147 Å². The van der Waals surface area contributed by atoms with Crippen LogP contribution in [0.1, 0.15) is 10.4 Å². The molecule has 0 aromatic heterocycles. The Morgan fingerprint density at radius 3 is 2.48 bits per heavy atom. The van der Waals surface area contributed by atoms with Crippen LogP contribution in [0.2, 0.25) is 5.02 Å². The van der Waals surface area contributed by atoms with Crippen molar-refractivity contribution in [3.63, 3.8) is 0 Å². The maximum atomic E-state index is 13.2. The highest BCUT2D eigenvalue weighted by molar-refractivity contribution is 9.10. The van der Waals surface area contributed by atoms with Gasteiger partial charge >= 0.3 is 0 Å². The Balaban J connectivity index is 1.66. The van der Waals surface area contributed by atoms with Gasteiger partial charge in [0.1, 0.15) is 5.82 Å². The van der Waals surface area contributed by atoms with Crippen molar-refractivity contribution in [2.75, 3.05) is 31.1 Å². The van der Waals surface area contributed by atoms with Crippen LogP contribution in [0.3, 0.4) is 0 Å². The van der Waals surface area contributed by atoms with Crippen LogP contribution in [0.25, 0.3) is 0 Å². The van der Waals surface area contributed by atoms with E-state index in [0.29, 0.717) is 31.7 Å². The number of nitrogens with zero attached hydrogens (tertiary/aromatic N) is 2. The minimum absolute atomic E-state index is 0.0306. The van der Waals surface area contributed by atoms with Crippen molar-refractivity contribution in [1.82, 2.24) is 4.90 Å². The van der Waals surface area contributed by atoms with E-state index in [2.05, 4.69) is 20.8 Å². The van der Waals surface area contributed by atoms with Crippen molar-refractivity contribution >= 4 is 39.1 Å². The van der Waals surface area contributed by atoms with Crippen LogP contribution in [-0.4, -0.2) is 37.0 Å². The molecule has 3 rings (SSSR count). The molecule has 0 radical (unpaired) electrons. The first kappa shape index (κ1) is 16.3. The maximum Gasteiger partial charge on any atom is 0.254 e. The Hall–Kier alpha value is -1.59. The van der Waals surface area contributed by atoms with E-state index in [1.807, 2.05) is 29.2 Å². The molecule has 0 unspecified atom stereocenters. The molecule has 1 heterocycles. The van der Waals surface area contributed by atoms with Crippen LogP contribution in [-0.2, 0) is 0 Å². The number of carbonyl (C=O) groups is 1. The second kappa shape index (κ2) is 6.89. The molecule has 0 aliphatic carbocycles. The van der Waals surface area contributed by atoms with Gasteiger partial charge in [0, 0.05) is 41.9 Å². The standard InChI is InChI=1S/C17H15BrClFN2O/c18-13-3-1-2-12(10-13)17(23)22-8-6-21(7-9-22)14-4-5-16(20)15(19)11-14/h1-5,10-11H,6-9H2. The highest BCUT2D eigenvalue weighted by Crippen LogP contribution is 2.24. The van der Waals surface area contributed by atoms with Crippen LogP contribution in [0.4, 0.5) is 10.1 Å². The molecule has 2 aromatic rings. The minimum Gasteiger partial charge on any atom is -0.368 e. The predicted octanol–water partition coefficient (Wildman–Crippen LogP) is 4.20. The van der Waals surface area contributed by atoms with Crippen molar-refractivity contribution in [3.8, 4) is 0 Å². The molecule has 1 amide bonds. The zero-order chi connectivity index (χ0) is 16.4. The Bertz CT molecular complexity index is 732. The number of piperazine rings is 1. The normalized spacial score (nSPS) is 14.9. The van der Waals surface area contributed by atoms with E-state index < -0.39 is 5.82 Å². The zero-order valence-corrected chi connectivity index (χ0v) is 14.6. The van der Waals surface area contributed by atoms with Gasteiger partial charge < -0.3 is 9.80 Å². The van der Waals surface area contributed by atoms with E-state index in [4.69, 9.17) is 11.6 Å². The Kier molecular flexibility index (Phi) is 4.87. The smallest absolute Gasteiger partial charge is 0.254 e. The largest absolute Gasteiger partial charge is 0.368 e. The Morgan fingerprint density at radius 1 is 1.09 bits per heavy atom. The predicted molar refractivity (Wildman–Crippen MR) is 93.7 cm³/mol. The summed E-state index contributed by atoms with van der Waals surface area (Å²) in [6, 6.07) is 12.1. The average Bonchev–Trinajstić information content (AvgIpc) is 2.57. The van der Waals surface area contributed by atoms with Gasteiger partial charge in [-0.25, -0.2) is 4.39 Å².